The molecule has 1 aromatic carbocycles. The summed E-state index contributed by atoms with van der Waals surface area (Å²) >= 11 is 1.65. The second-order valence-corrected chi connectivity index (χ2v) is 6.49. The monoisotopic (exact) mass is 302 g/mol. The second kappa shape index (κ2) is 5.09. The van der Waals surface area contributed by atoms with Crippen LogP contribution in [-0.2, 0) is 10.3 Å². The lowest BCUT2D eigenvalue weighted by Crippen LogP contribution is -2.39. The summed E-state index contributed by atoms with van der Waals surface area (Å²) in [6.45, 7) is 1.99. The van der Waals surface area contributed by atoms with Crippen LogP contribution in [0.5, 0.6) is 5.75 Å². The first-order chi connectivity index (χ1) is 10.3. The van der Waals surface area contributed by atoms with E-state index in [0.29, 0.717) is 0 Å². The van der Waals surface area contributed by atoms with E-state index in [1.807, 2.05) is 17.6 Å². The fraction of sp³-hybridized carbons (Fsp3) is 0.438. The van der Waals surface area contributed by atoms with E-state index in [0.717, 1.165) is 36.7 Å². The predicted octanol–water partition coefficient (Wildman–Crippen LogP) is 2.85. The van der Waals surface area contributed by atoms with E-state index in [1.54, 1.807) is 18.4 Å². The van der Waals surface area contributed by atoms with Crippen molar-refractivity contribution < 1.29 is 9.47 Å². The molecule has 110 valence electrons. The molecule has 1 N–H and O–H groups in total. The van der Waals surface area contributed by atoms with Crippen LogP contribution in [0.25, 0.3) is 0 Å². The van der Waals surface area contributed by atoms with Gasteiger partial charge in [-0.3, -0.25) is 0 Å². The molecule has 2 aromatic rings. The average molecular weight is 302 g/mol. The third kappa shape index (κ3) is 2.08. The van der Waals surface area contributed by atoms with Gasteiger partial charge in [0.05, 0.1) is 12.7 Å². The Bertz CT molecular complexity index is 636. The maximum atomic E-state index is 6.56. The Morgan fingerprint density at radius 3 is 2.95 bits per heavy atom. The molecular formula is C16H18N2O2S. The molecule has 4 nitrogen and oxygen atoms in total. The zero-order valence-corrected chi connectivity index (χ0v) is 12.8. The van der Waals surface area contributed by atoms with Gasteiger partial charge in [-0.05, 0) is 49.2 Å². The highest BCUT2D eigenvalue weighted by Crippen LogP contribution is 2.51. The molecular weight excluding hydrogens is 284 g/mol. The van der Waals surface area contributed by atoms with Gasteiger partial charge in [0.15, 0.2) is 0 Å². The number of benzene rings is 1. The molecule has 5 heteroatoms. The number of thiazole rings is 1. The van der Waals surface area contributed by atoms with Crippen molar-refractivity contribution in [2.75, 3.05) is 20.2 Å². The first-order valence-electron chi connectivity index (χ1n) is 7.29. The minimum atomic E-state index is -0.164. The maximum absolute atomic E-state index is 6.56. The van der Waals surface area contributed by atoms with Crippen molar-refractivity contribution in [3.05, 3.63) is 45.9 Å². The molecule has 4 rings (SSSR count). The van der Waals surface area contributed by atoms with Gasteiger partial charge in [0.1, 0.15) is 16.9 Å². The van der Waals surface area contributed by atoms with Gasteiger partial charge in [0.2, 0.25) is 0 Å². The lowest BCUT2D eigenvalue weighted by atomic mass is 9.84. The van der Waals surface area contributed by atoms with Crippen molar-refractivity contribution in [1.82, 2.24) is 10.3 Å². The minimum Gasteiger partial charge on any atom is -0.497 e. The molecule has 1 aromatic heterocycles. The van der Waals surface area contributed by atoms with Crippen LogP contribution in [0.4, 0.5) is 0 Å². The smallest absolute Gasteiger partial charge is 0.136 e. The number of nitrogens with zero attached hydrogens (tertiary/aromatic N) is 1. The van der Waals surface area contributed by atoms with Crippen molar-refractivity contribution >= 4 is 11.3 Å². The zero-order valence-electron chi connectivity index (χ0n) is 12.0. The van der Waals surface area contributed by atoms with Crippen LogP contribution in [0, 0.1) is 0 Å². The maximum Gasteiger partial charge on any atom is 0.136 e. The fourth-order valence-electron chi connectivity index (χ4n) is 3.42. The first-order valence-corrected chi connectivity index (χ1v) is 8.17. The van der Waals surface area contributed by atoms with Crippen LogP contribution < -0.4 is 10.1 Å². The number of ether oxygens (including phenoxy) is 2. The minimum absolute atomic E-state index is 0.0619. The number of nitrogens with one attached hydrogen (secondary N) is 1. The Kier molecular flexibility index (Phi) is 3.21. The molecule has 0 amide bonds. The van der Waals surface area contributed by atoms with E-state index >= 15 is 0 Å². The third-order valence-corrected chi connectivity index (χ3v) is 5.28. The predicted molar refractivity (Wildman–Crippen MR) is 81.8 cm³/mol. The molecule has 2 aliphatic heterocycles. The number of piperidine rings is 1. The molecule has 0 radical (unpaired) electrons. The SMILES string of the molecule is COc1ccc2c(c1)C(c1nccs1)OC21CCNCC1. The quantitative estimate of drug-likeness (QED) is 0.926. The molecule has 0 saturated carbocycles. The number of fused-ring (bicyclic) bond motifs is 2. The Labute approximate surface area is 128 Å². The molecule has 21 heavy (non-hydrogen) atoms. The molecule has 1 spiro atoms. The third-order valence-electron chi connectivity index (χ3n) is 4.46. The second-order valence-electron chi connectivity index (χ2n) is 5.57. The summed E-state index contributed by atoms with van der Waals surface area (Å²) in [4.78, 5) is 4.47. The van der Waals surface area contributed by atoms with Gasteiger partial charge >= 0.3 is 0 Å². The van der Waals surface area contributed by atoms with E-state index in [9.17, 15) is 0 Å². The lowest BCUT2D eigenvalue weighted by Gasteiger charge is -2.34. The van der Waals surface area contributed by atoms with E-state index in [1.165, 1.54) is 11.1 Å². The number of aromatic nitrogens is 1. The Morgan fingerprint density at radius 1 is 1.38 bits per heavy atom. The highest BCUT2D eigenvalue weighted by atomic mass is 32.1. The van der Waals surface area contributed by atoms with Crippen molar-refractivity contribution in [1.29, 1.82) is 0 Å². The summed E-state index contributed by atoms with van der Waals surface area (Å²) in [5, 5.41) is 6.45. The highest BCUT2D eigenvalue weighted by molar-refractivity contribution is 7.09. The summed E-state index contributed by atoms with van der Waals surface area (Å²) < 4.78 is 12.0. The fourth-order valence-corrected chi connectivity index (χ4v) is 4.10. The normalized spacial score (nSPS) is 23.2. The summed E-state index contributed by atoms with van der Waals surface area (Å²) in [5.74, 6) is 0.880. The number of rotatable bonds is 2. The van der Waals surface area contributed by atoms with E-state index in [4.69, 9.17) is 9.47 Å². The summed E-state index contributed by atoms with van der Waals surface area (Å²) in [6.07, 6.45) is 3.80. The Morgan fingerprint density at radius 2 is 2.24 bits per heavy atom. The van der Waals surface area contributed by atoms with E-state index in [-0.39, 0.29) is 11.7 Å². The topological polar surface area (TPSA) is 43.4 Å². The van der Waals surface area contributed by atoms with Crippen LogP contribution in [0.3, 0.4) is 0 Å². The van der Waals surface area contributed by atoms with Gasteiger partial charge in [-0.2, -0.15) is 0 Å². The molecule has 2 aliphatic rings. The van der Waals surface area contributed by atoms with Crippen LogP contribution in [0.2, 0.25) is 0 Å². The average Bonchev–Trinajstić information content (AvgIpc) is 3.15. The molecule has 1 fully saturated rings. The first kappa shape index (κ1) is 13.2. The Hall–Kier alpha value is -1.43. The van der Waals surface area contributed by atoms with Crippen LogP contribution in [0.1, 0.15) is 35.1 Å². The standard InChI is InChI=1S/C16H18N2O2S/c1-19-11-2-3-13-12(10-11)14(15-18-8-9-21-15)20-16(13)4-6-17-7-5-16/h2-3,8-10,14,17H,4-7H2,1H3. The molecule has 1 atom stereocenters. The zero-order chi connectivity index (χ0) is 14.3. The van der Waals surface area contributed by atoms with Crippen molar-refractivity contribution in [2.45, 2.75) is 24.5 Å². The summed E-state index contributed by atoms with van der Waals surface area (Å²) in [6, 6.07) is 6.32. The van der Waals surface area contributed by atoms with Crippen molar-refractivity contribution in [2.24, 2.45) is 0 Å². The van der Waals surface area contributed by atoms with Gasteiger partial charge in [-0.1, -0.05) is 6.07 Å². The van der Waals surface area contributed by atoms with Gasteiger partial charge in [-0.25, -0.2) is 4.98 Å². The van der Waals surface area contributed by atoms with Gasteiger partial charge in [0.25, 0.3) is 0 Å². The Balaban J connectivity index is 1.83. The number of hydrogen-bond acceptors (Lipinski definition) is 5. The van der Waals surface area contributed by atoms with Crippen molar-refractivity contribution in [3.63, 3.8) is 0 Å². The summed E-state index contributed by atoms with van der Waals surface area (Å²) in [5.41, 5.74) is 2.36. The van der Waals surface area contributed by atoms with Gasteiger partial charge in [-0.15, -0.1) is 11.3 Å². The van der Waals surface area contributed by atoms with Gasteiger partial charge in [0, 0.05) is 11.6 Å². The van der Waals surface area contributed by atoms with E-state index < -0.39 is 0 Å². The van der Waals surface area contributed by atoms with Crippen LogP contribution >= 0.6 is 11.3 Å². The molecule has 0 bridgehead atoms. The van der Waals surface area contributed by atoms with Gasteiger partial charge < -0.3 is 14.8 Å². The molecule has 1 saturated heterocycles. The molecule has 0 aliphatic carbocycles. The van der Waals surface area contributed by atoms with Crippen LogP contribution in [0.15, 0.2) is 29.8 Å². The highest BCUT2D eigenvalue weighted by Gasteiger charge is 2.46. The van der Waals surface area contributed by atoms with Crippen molar-refractivity contribution in [3.8, 4) is 5.75 Å². The molecule has 1 unspecified atom stereocenters. The number of hydrogen-bond donors (Lipinski definition) is 1. The summed E-state index contributed by atoms with van der Waals surface area (Å²) in [7, 11) is 1.70. The van der Waals surface area contributed by atoms with Crippen LogP contribution in [-0.4, -0.2) is 25.2 Å². The number of methoxy groups -OCH3 is 1. The lowest BCUT2D eigenvalue weighted by molar-refractivity contribution is -0.0799. The largest absolute Gasteiger partial charge is 0.497 e. The molecule has 3 heterocycles. The van der Waals surface area contributed by atoms with E-state index in [2.05, 4.69) is 22.4 Å².